The summed E-state index contributed by atoms with van der Waals surface area (Å²) in [4.78, 5) is 48.1. The van der Waals surface area contributed by atoms with Crippen molar-refractivity contribution in [2.75, 3.05) is 19.7 Å². The van der Waals surface area contributed by atoms with E-state index in [1.165, 1.54) is 0 Å². The molecule has 3 aliphatic rings. The van der Waals surface area contributed by atoms with E-state index in [1.54, 1.807) is 34.1 Å². The summed E-state index contributed by atoms with van der Waals surface area (Å²) in [7, 11) is 0. The first-order valence-corrected chi connectivity index (χ1v) is 8.85. The molecule has 3 saturated heterocycles. The number of ether oxygens (including phenoxy) is 1. The van der Waals surface area contributed by atoms with Gasteiger partial charge in [-0.15, -0.1) is 0 Å². The highest BCUT2D eigenvalue weighted by Gasteiger charge is 2.61. The summed E-state index contributed by atoms with van der Waals surface area (Å²) in [6.07, 6.45) is 1.66. The number of aromatic nitrogens is 2. The van der Waals surface area contributed by atoms with Crippen LogP contribution in [0, 0.1) is 0 Å². The molecule has 2 aromatic rings. The van der Waals surface area contributed by atoms with Gasteiger partial charge in [-0.3, -0.25) is 14.4 Å². The van der Waals surface area contributed by atoms with Gasteiger partial charge < -0.3 is 19.5 Å². The van der Waals surface area contributed by atoms with Gasteiger partial charge >= 0.3 is 0 Å². The van der Waals surface area contributed by atoms with Gasteiger partial charge in [0, 0.05) is 19.5 Å². The topological polar surface area (TPSA) is 95.6 Å². The molecule has 3 aliphatic heterocycles. The molecule has 0 unspecified atom stereocenters. The normalized spacial score (nSPS) is 27.7. The van der Waals surface area contributed by atoms with Crippen LogP contribution in [0.5, 0.6) is 0 Å². The van der Waals surface area contributed by atoms with Crippen molar-refractivity contribution in [2.24, 2.45) is 0 Å². The summed E-state index contributed by atoms with van der Waals surface area (Å²) in [5.74, 6) is -0.335. The number of para-hydroxylation sites is 1. The van der Waals surface area contributed by atoms with Gasteiger partial charge in [0.2, 0.25) is 5.91 Å². The number of hydrogen-bond donors (Lipinski definition) is 1. The van der Waals surface area contributed by atoms with Crippen LogP contribution in [0.15, 0.2) is 29.1 Å². The number of likely N-dealkylation sites (tertiary alicyclic amines) is 1. The molecule has 0 bridgehead atoms. The predicted molar refractivity (Wildman–Crippen MR) is 91.4 cm³/mol. The second kappa shape index (κ2) is 5.38. The molecule has 8 nitrogen and oxygen atoms in total. The number of amides is 2. The third-order valence-electron chi connectivity index (χ3n) is 5.69. The van der Waals surface area contributed by atoms with E-state index >= 15 is 0 Å². The van der Waals surface area contributed by atoms with Crippen LogP contribution in [0.25, 0.3) is 10.9 Å². The summed E-state index contributed by atoms with van der Waals surface area (Å²) in [6.45, 7) is 1.74. The lowest BCUT2D eigenvalue weighted by molar-refractivity contribution is -0.179. The summed E-state index contributed by atoms with van der Waals surface area (Å²) >= 11 is 0. The average molecular weight is 354 g/mol. The molecular weight excluding hydrogens is 336 g/mol. The van der Waals surface area contributed by atoms with Crippen LogP contribution >= 0.6 is 0 Å². The van der Waals surface area contributed by atoms with Crippen molar-refractivity contribution in [2.45, 2.75) is 31.0 Å². The summed E-state index contributed by atoms with van der Waals surface area (Å²) in [5, 5.41) is 0.444. The highest BCUT2D eigenvalue weighted by Crippen LogP contribution is 2.45. The van der Waals surface area contributed by atoms with Crippen LogP contribution in [-0.2, 0) is 9.53 Å². The zero-order valence-electron chi connectivity index (χ0n) is 14.1. The van der Waals surface area contributed by atoms with Crippen molar-refractivity contribution in [1.29, 1.82) is 0 Å². The van der Waals surface area contributed by atoms with Crippen molar-refractivity contribution in [1.82, 2.24) is 19.8 Å². The smallest absolute Gasteiger partial charge is 0.290 e. The molecule has 1 spiro atoms. The quantitative estimate of drug-likeness (QED) is 0.804. The van der Waals surface area contributed by atoms with Gasteiger partial charge in [-0.2, -0.15) is 0 Å². The van der Waals surface area contributed by atoms with E-state index in [-0.39, 0.29) is 35.7 Å². The fourth-order valence-corrected chi connectivity index (χ4v) is 4.52. The number of carbonyl (C=O) groups excluding carboxylic acids is 2. The maximum Gasteiger partial charge on any atom is 0.290 e. The van der Waals surface area contributed by atoms with Gasteiger partial charge in [-0.1, -0.05) is 12.1 Å². The molecule has 0 radical (unpaired) electrons. The van der Waals surface area contributed by atoms with Crippen LogP contribution in [0.1, 0.15) is 29.9 Å². The Bertz CT molecular complexity index is 987. The maximum absolute atomic E-state index is 13.1. The molecule has 5 rings (SSSR count). The summed E-state index contributed by atoms with van der Waals surface area (Å²) < 4.78 is 6.01. The minimum Gasteiger partial charge on any atom is -0.353 e. The fourth-order valence-electron chi connectivity index (χ4n) is 4.52. The number of carbonyl (C=O) groups is 2. The van der Waals surface area contributed by atoms with Crippen LogP contribution in [-0.4, -0.2) is 63.0 Å². The second-order valence-electron chi connectivity index (χ2n) is 6.99. The summed E-state index contributed by atoms with van der Waals surface area (Å²) in [5.41, 5.74) is -0.570. The van der Waals surface area contributed by atoms with Gasteiger partial charge in [0.15, 0.2) is 11.5 Å². The van der Waals surface area contributed by atoms with Crippen LogP contribution in [0.4, 0.5) is 0 Å². The van der Waals surface area contributed by atoms with Gasteiger partial charge in [0.1, 0.15) is 0 Å². The number of nitrogens with zero attached hydrogens (tertiary/aromatic N) is 3. The minimum absolute atomic E-state index is 0.00691. The van der Waals surface area contributed by atoms with Crippen LogP contribution in [0.2, 0.25) is 0 Å². The van der Waals surface area contributed by atoms with Gasteiger partial charge in [-0.05, 0) is 18.6 Å². The van der Waals surface area contributed by atoms with Crippen molar-refractivity contribution < 1.29 is 14.3 Å². The lowest BCUT2D eigenvalue weighted by Crippen LogP contribution is -2.56. The number of nitrogens with one attached hydrogen (secondary N) is 1. The maximum atomic E-state index is 13.1. The SMILES string of the molecule is O=C(c1nc2ccccc2c(=O)[nH]1)N1CC[C@@]23OCCCN2C(=O)C[C@@H]13. The molecule has 1 aromatic heterocycles. The molecule has 3 fully saturated rings. The number of H-pyrrole nitrogens is 1. The average Bonchev–Trinajstić information content (AvgIpc) is 3.13. The molecule has 4 heterocycles. The van der Waals surface area contributed by atoms with E-state index < -0.39 is 5.72 Å². The standard InChI is InChI=1S/C18H18N4O4/c23-14-10-13-18(22(14)7-3-9-26-18)6-8-21(13)17(25)15-19-12-5-2-1-4-11(12)16(24)20-15/h1-2,4-5,13H,3,6-10H2,(H,19,20,24)/t13-,18+/m1/s1. The molecule has 134 valence electrons. The Balaban J connectivity index is 1.52. The van der Waals surface area contributed by atoms with Crippen LogP contribution < -0.4 is 5.56 Å². The number of aromatic amines is 1. The molecule has 1 N–H and O–H groups in total. The molecule has 2 atom stereocenters. The Morgan fingerprint density at radius 3 is 3.00 bits per heavy atom. The Kier molecular flexibility index (Phi) is 3.21. The number of rotatable bonds is 1. The van der Waals surface area contributed by atoms with E-state index in [0.29, 0.717) is 37.0 Å². The number of fused-ring (bicyclic) bond motifs is 1. The monoisotopic (exact) mass is 354 g/mol. The zero-order valence-corrected chi connectivity index (χ0v) is 14.1. The molecule has 26 heavy (non-hydrogen) atoms. The van der Waals surface area contributed by atoms with E-state index in [1.807, 2.05) is 0 Å². The summed E-state index contributed by atoms with van der Waals surface area (Å²) in [6, 6.07) is 6.57. The molecular formula is C18H18N4O4. The van der Waals surface area contributed by atoms with Crippen LogP contribution in [0.3, 0.4) is 0 Å². The molecule has 8 heteroatoms. The fraction of sp³-hybridized carbons (Fsp3) is 0.444. The number of hydrogen-bond acceptors (Lipinski definition) is 5. The van der Waals surface area contributed by atoms with Crippen molar-refractivity contribution >= 4 is 22.7 Å². The lowest BCUT2D eigenvalue weighted by Gasteiger charge is -2.42. The predicted octanol–water partition coefficient (Wildman–Crippen LogP) is 0.486. The molecule has 0 saturated carbocycles. The Morgan fingerprint density at radius 1 is 1.27 bits per heavy atom. The van der Waals surface area contributed by atoms with Gasteiger partial charge in [-0.25, -0.2) is 4.98 Å². The van der Waals surface area contributed by atoms with Gasteiger partial charge in [0.25, 0.3) is 11.5 Å². The first kappa shape index (κ1) is 15.5. The Labute approximate surface area is 148 Å². The van der Waals surface area contributed by atoms with E-state index in [4.69, 9.17) is 4.74 Å². The highest BCUT2D eigenvalue weighted by atomic mass is 16.5. The van der Waals surface area contributed by atoms with E-state index in [0.717, 1.165) is 6.42 Å². The minimum atomic E-state index is -0.706. The first-order valence-electron chi connectivity index (χ1n) is 8.85. The molecule has 2 amide bonds. The Hall–Kier alpha value is -2.74. The van der Waals surface area contributed by atoms with Crippen molar-refractivity contribution in [3.05, 3.63) is 40.4 Å². The second-order valence-corrected chi connectivity index (χ2v) is 6.99. The van der Waals surface area contributed by atoms with E-state index in [2.05, 4.69) is 9.97 Å². The van der Waals surface area contributed by atoms with E-state index in [9.17, 15) is 14.4 Å². The number of benzene rings is 1. The van der Waals surface area contributed by atoms with Crippen molar-refractivity contribution in [3.8, 4) is 0 Å². The third-order valence-corrected chi connectivity index (χ3v) is 5.69. The zero-order chi connectivity index (χ0) is 17.9. The highest BCUT2D eigenvalue weighted by molar-refractivity contribution is 5.94. The third kappa shape index (κ3) is 1.99. The first-order chi connectivity index (χ1) is 12.6. The largest absolute Gasteiger partial charge is 0.353 e. The molecule has 1 aromatic carbocycles. The molecule has 0 aliphatic carbocycles. The lowest BCUT2D eigenvalue weighted by atomic mass is 10.0. The van der Waals surface area contributed by atoms with Crippen molar-refractivity contribution in [3.63, 3.8) is 0 Å². The van der Waals surface area contributed by atoms with Gasteiger partial charge in [0.05, 0.1) is 30.0 Å². The Morgan fingerprint density at radius 2 is 2.12 bits per heavy atom.